The van der Waals surface area contributed by atoms with Crippen molar-refractivity contribution in [2.75, 3.05) is 56.6 Å². The van der Waals surface area contributed by atoms with Crippen molar-refractivity contribution in [2.24, 2.45) is 0 Å². The smallest absolute Gasteiger partial charge is 0.340 e. The minimum absolute atomic E-state index is 0.269. The highest BCUT2D eigenvalue weighted by atomic mass is 16.5. The van der Waals surface area contributed by atoms with Crippen LogP contribution in [0.4, 0.5) is 11.5 Å². The molecule has 1 aromatic carbocycles. The van der Waals surface area contributed by atoms with E-state index in [4.69, 9.17) is 9.47 Å². The predicted molar refractivity (Wildman–Crippen MR) is 110 cm³/mol. The summed E-state index contributed by atoms with van der Waals surface area (Å²) in [7, 11) is 0. The average Bonchev–Trinajstić information content (AvgIpc) is 2.75. The molecule has 1 aliphatic heterocycles. The number of para-hydroxylation sites is 1. The normalized spacial score (nSPS) is 14.2. The zero-order valence-corrected chi connectivity index (χ0v) is 16.5. The number of ether oxygens (including phenoxy) is 2. The molecule has 8 heteroatoms. The molecule has 154 valence electrons. The van der Waals surface area contributed by atoms with Gasteiger partial charge in [0.1, 0.15) is 5.82 Å². The molecule has 1 aliphatic rings. The van der Waals surface area contributed by atoms with Crippen LogP contribution in [0.5, 0.6) is 0 Å². The number of benzene rings is 1. The summed E-state index contributed by atoms with van der Waals surface area (Å²) in [5.41, 5.74) is 1.18. The lowest BCUT2D eigenvalue weighted by molar-refractivity contribution is 0.0398. The van der Waals surface area contributed by atoms with Gasteiger partial charge in [0, 0.05) is 37.9 Å². The number of esters is 1. The van der Waals surface area contributed by atoms with Crippen LogP contribution in [0.3, 0.4) is 0 Å². The molecule has 0 spiro atoms. The van der Waals surface area contributed by atoms with Gasteiger partial charge in [0.05, 0.1) is 31.1 Å². The van der Waals surface area contributed by atoms with E-state index in [9.17, 15) is 9.59 Å². The van der Waals surface area contributed by atoms with Crippen LogP contribution < -0.4 is 10.6 Å². The Kier molecular flexibility index (Phi) is 7.54. The van der Waals surface area contributed by atoms with Crippen molar-refractivity contribution < 1.29 is 19.1 Å². The van der Waals surface area contributed by atoms with Gasteiger partial charge in [0.2, 0.25) is 0 Å². The van der Waals surface area contributed by atoms with Crippen LogP contribution in [-0.2, 0) is 9.47 Å². The number of anilines is 2. The topological polar surface area (TPSA) is 92.8 Å². The Morgan fingerprint density at radius 2 is 2.00 bits per heavy atom. The Bertz CT molecular complexity index is 837. The highest BCUT2D eigenvalue weighted by Crippen LogP contribution is 2.18. The van der Waals surface area contributed by atoms with Crippen LogP contribution in [-0.4, -0.2) is 67.8 Å². The number of nitrogens with zero attached hydrogens (tertiary/aromatic N) is 2. The summed E-state index contributed by atoms with van der Waals surface area (Å²) in [6, 6.07) is 10.1. The molecule has 0 aliphatic carbocycles. The molecular formula is C21H26N4O4. The van der Waals surface area contributed by atoms with Gasteiger partial charge in [0.25, 0.3) is 5.91 Å². The molecule has 1 fully saturated rings. The van der Waals surface area contributed by atoms with E-state index in [0.29, 0.717) is 22.6 Å². The Hall–Kier alpha value is -2.97. The van der Waals surface area contributed by atoms with Crippen molar-refractivity contribution in [2.45, 2.75) is 6.92 Å². The largest absolute Gasteiger partial charge is 0.462 e. The summed E-state index contributed by atoms with van der Waals surface area (Å²) < 4.78 is 10.4. The minimum Gasteiger partial charge on any atom is -0.462 e. The van der Waals surface area contributed by atoms with Crippen molar-refractivity contribution in [3.63, 3.8) is 0 Å². The van der Waals surface area contributed by atoms with Crippen molar-refractivity contribution in [1.82, 2.24) is 9.88 Å². The number of aromatic nitrogens is 1. The number of amides is 1. The van der Waals surface area contributed by atoms with Crippen LogP contribution in [0.1, 0.15) is 27.6 Å². The summed E-state index contributed by atoms with van der Waals surface area (Å²) >= 11 is 0. The molecule has 1 saturated heterocycles. The monoisotopic (exact) mass is 398 g/mol. The first kappa shape index (κ1) is 20.8. The summed E-state index contributed by atoms with van der Waals surface area (Å²) in [6.07, 6.45) is 1.59. The SMILES string of the molecule is CCOC(=O)c1ccccc1NC(=O)c1ccnc(NCCN2CCOCC2)c1. The van der Waals surface area contributed by atoms with E-state index < -0.39 is 5.97 Å². The van der Waals surface area contributed by atoms with Gasteiger partial charge < -0.3 is 20.1 Å². The van der Waals surface area contributed by atoms with Crippen LogP contribution in [0.2, 0.25) is 0 Å². The third-order valence-electron chi connectivity index (χ3n) is 4.53. The van der Waals surface area contributed by atoms with Gasteiger partial charge in [-0.1, -0.05) is 12.1 Å². The molecule has 2 N–H and O–H groups in total. The summed E-state index contributed by atoms with van der Waals surface area (Å²) in [5, 5.41) is 6.03. The standard InChI is InChI=1S/C21H26N4O4/c1-2-29-21(27)17-5-3-4-6-18(17)24-20(26)16-7-8-22-19(15-16)23-9-10-25-11-13-28-14-12-25/h3-8,15H,2,9-14H2,1H3,(H,22,23)(H,24,26). The van der Waals surface area contributed by atoms with Crippen LogP contribution >= 0.6 is 0 Å². The van der Waals surface area contributed by atoms with E-state index in [2.05, 4.69) is 20.5 Å². The summed E-state index contributed by atoms with van der Waals surface area (Å²) in [5.74, 6) is -0.159. The molecule has 0 unspecified atom stereocenters. The quantitative estimate of drug-likeness (QED) is 0.659. The van der Waals surface area contributed by atoms with Crippen LogP contribution in [0.25, 0.3) is 0 Å². The fourth-order valence-corrected chi connectivity index (χ4v) is 3.01. The predicted octanol–water partition coefficient (Wildman–Crippen LogP) is 2.25. The number of carbonyl (C=O) groups excluding carboxylic acids is 2. The molecule has 1 aromatic heterocycles. The van der Waals surface area contributed by atoms with Gasteiger partial charge in [-0.2, -0.15) is 0 Å². The third kappa shape index (κ3) is 6.00. The maximum absolute atomic E-state index is 12.7. The minimum atomic E-state index is -0.469. The second kappa shape index (κ2) is 10.5. The van der Waals surface area contributed by atoms with Crippen molar-refractivity contribution in [1.29, 1.82) is 0 Å². The third-order valence-corrected chi connectivity index (χ3v) is 4.53. The number of carbonyl (C=O) groups is 2. The first-order valence-corrected chi connectivity index (χ1v) is 9.75. The fraction of sp³-hybridized carbons (Fsp3) is 0.381. The highest BCUT2D eigenvalue weighted by Gasteiger charge is 2.15. The van der Waals surface area contributed by atoms with Crippen molar-refractivity contribution >= 4 is 23.4 Å². The number of hydrogen-bond donors (Lipinski definition) is 2. The lowest BCUT2D eigenvalue weighted by Gasteiger charge is -2.26. The van der Waals surface area contributed by atoms with E-state index in [1.54, 1.807) is 49.5 Å². The molecule has 8 nitrogen and oxygen atoms in total. The summed E-state index contributed by atoms with van der Waals surface area (Å²) in [6.45, 7) is 7.00. The Morgan fingerprint density at radius 1 is 1.21 bits per heavy atom. The molecule has 2 aromatic rings. The maximum atomic E-state index is 12.7. The van der Waals surface area contributed by atoms with Crippen LogP contribution in [0.15, 0.2) is 42.6 Å². The van der Waals surface area contributed by atoms with E-state index in [1.807, 2.05) is 0 Å². The second-order valence-corrected chi connectivity index (χ2v) is 6.53. The average molecular weight is 398 g/mol. The van der Waals surface area contributed by atoms with Gasteiger partial charge in [0.15, 0.2) is 0 Å². The number of hydrogen-bond acceptors (Lipinski definition) is 7. The zero-order chi connectivity index (χ0) is 20.5. The highest BCUT2D eigenvalue weighted by molar-refractivity contribution is 6.08. The number of nitrogens with one attached hydrogen (secondary N) is 2. The van der Waals surface area contributed by atoms with Crippen molar-refractivity contribution in [3.8, 4) is 0 Å². The zero-order valence-electron chi connectivity index (χ0n) is 16.5. The summed E-state index contributed by atoms with van der Waals surface area (Å²) in [4.78, 5) is 31.4. The molecule has 0 atom stereocenters. The first-order chi connectivity index (χ1) is 14.2. The van der Waals surface area contributed by atoms with E-state index in [0.717, 1.165) is 39.4 Å². The number of pyridine rings is 1. The molecule has 2 heterocycles. The second-order valence-electron chi connectivity index (χ2n) is 6.53. The van der Waals surface area contributed by atoms with Crippen molar-refractivity contribution in [3.05, 3.63) is 53.7 Å². The van der Waals surface area contributed by atoms with Crippen LogP contribution in [0, 0.1) is 0 Å². The van der Waals surface area contributed by atoms with Gasteiger partial charge in [-0.15, -0.1) is 0 Å². The fourth-order valence-electron chi connectivity index (χ4n) is 3.01. The van der Waals surface area contributed by atoms with E-state index in [1.165, 1.54) is 0 Å². The Balaban J connectivity index is 1.60. The van der Waals surface area contributed by atoms with Gasteiger partial charge in [-0.05, 0) is 31.2 Å². The van der Waals surface area contributed by atoms with Gasteiger partial charge >= 0.3 is 5.97 Å². The molecule has 0 bridgehead atoms. The molecule has 29 heavy (non-hydrogen) atoms. The van der Waals surface area contributed by atoms with Gasteiger partial charge in [-0.3, -0.25) is 9.69 Å². The number of morpholine rings is 1. The molecule has 0 saturated carbocycles. The molecule has 0 radical (unpaired) electrons. The van der Waals surface area contributed by atoms with Gasteiger partial charge in [-0.25, -0.2) is 9.78 Å². The van der Waals surface area contributed by atoms with E-state index >= 15 is 0 Å². The Morgan fingerprint density at radius 3 is 2.79 bits per heavy atom. The molecular weight excluding hydrogens is 372 g/mol. The maximum Gasteiger partial charge on any atom is 0.340 e. The first-order valence-electron chi connectivity index (χ1n) is 9.75. The molecule has 3 rings (SSSR count). The lowest BCUT2D eigenvalue weighted by atomic mass is 10.1. The Labute approximate surface area is 170 Å². The number of rotatable bonds is 8. The van der Waals surface area contributed by atoms with E-state index in [-0.39, 0.29) is 12.5 Å². The molecule has 1 amide bonds. The lowest BCUT2D eigenvalue weighted by Crippen LogP contribution is -2.39.